The lowest BCUT2D eigenvalue weighted by molar-refractivity contribution is 0.789. The third-order valence-electron chi connectivity index (χ3n) is 4.55. The van der Waals surface area contributed by atoms with E-state index in [1.807, 2.05) is 47.4 Å². The molecule has 0 bridgehead atoms. The molecule has 1 aliphatic rings. The normalized spacial score (nSPS) is 14.6. The van der Waals surface area contributed by atoms with Crippen LogP contribution in [0.5, 0.6) is 0 Å². The SMILES string of the molecule is c1ccn2cc(Cn3ccnc3-c3cnc(N4CCCC4)s3)nc2c1. The first kappa shape index (κ1) is 14.7. The van der Waals surface area contributed by atoms with E-state index < -0.39 is 0 Å². The van der Waals surface area contributed by atoms with E-state index in [1.54, 1.807) is 11.3 Å². The highest BCUT2D eigenvalue weighted by Gasteiger charge is 2.18. The fourth-order valence-electron chi connectivity index (χ4n) is 3.32. The Morgan fingerprint density at radius 1 is 1.08 bits per heavy atom. The van der Waals surface area contributed by atoms with Crippen LogP contribution in [0, 0.1) is 0 Å². The number of imidazole rings is 2. The number of hydrogen-bond donors (Lipinski definition) is 0. The average Bonchev–Trinajstić information content (AvgIpc) is 3.40. The molecule has 126 valence electrons. The second kappa shape index (κ2) is 6.00. The Labute approximate surface area is 149 Å². The van der Waals surface area contributed by atoms with Crippen molar-refractivity contribution in [3.05, 3.63) is 54.9 Å². The highest BCUT2D eigenvalue weighted by molar-refractivity contribution is 7.18. The van der Waals surface area contributed by atoms with Crippen LogP contribution in [0.1, 0.15) is 18.5 Å². The quantitative estimate of drug-likeness (QED) is 0.567. The van der Waals surface area contributed by atoms with Crippen molar-refractivity contribution in [3.8, 4) is 10.7 Å². The largest absolute Gasteiger partial charge is 0.348 e. The molecular formula is C18H18N6S. The first-order valence-electron chi connectivity index (χ1n) is 8.52. The molecule has 0 aliphatic carbocycles. The number of fused-ring (bicyclic) bond motifs is 1. The van der Waals surface area contributed by atoms with Crippen LogP contribution in [0.4, 0.5) is 5.13 Å². The minimum Gasteiger partial charge on any atom is -0.348 e. The lowest BCUT2D eigenvalue weighted by atomic mass is 10.4. The van der Waals surface area contributed by atoms with Gasteiger partial charge in [0.25, 0.3) is 0 Å². The highest BCUT2D eigenvalue weighted by Crippen LogP contribution is 2.32. The van der Waals surface area contributed by atoms with Crippen LogP contribution >= 0.6 is 11.3 Å². The van der Waals surface area contributed by atoms with E-state index in [1.165, 1.54) is 12.8 Å². The number of aromatic nitrogens is 5. The average molecular weight is 350 g/mol. The van der Waals surface area contributed by atoms with E-state index >= 15 is 0 Å². The molecule has 0 atom stereocenters. The maximum Gasteiger partial charge on any atom is 0.185 e. The summed E-state index contributed by atoms with van der Waals surface area (Å²) in [5, 5.41) is 1.11. The van der Waals surface area contributed by atoms with E-state index in [2.05, 4.69) is 30.6 Å². The molecule has 0 N–H and O–H groups in total. The van der Waals surface area contributed by atoms with Crippen molar-refractivity contribution in [2.45, 2.75) is 19.4 Å². The van der Waals surface area contributed by atoms with Crippen LogP contribution in [-0.2, 0) is 6.54 Å². The predicted molar refractivity (Wildman–Crippen MR) is 99.1 cm³/mol. The molecule has 5 heterocycles. The Balaban J connectivity index is 1.43. The number of rotatable bonds is 4. The van der Waals surface area contributed by atoms with Crippen molar-refractivity contribution in [3.63, 3.8) is 0 Å². The van der Waals surface area contributed by atoms with Crippen LogP contribution in [0.3, 0.4) is 0 Å². The van der Waals surface area contributed by atoms with E-state index in [-0.39, 0.29) is 0 Å². The molecular weight excluding hydrogens is 332 g/mol. The molecule has 5 rings (SSSR count). The smallest absolute Gasteiger partial charge is 0.185 e. The summed E-state index contributed by atoms with van der Waals surface area (Å²) in [5.74, 6) is 0.958. The van der Waals surface area contributed by atoms with Crippen molar-refractivity contribution < 1.29 is 0 Å². The summed E-state index contributed by atoms with van der Waals surface area (Å²) in [6.07, 6.45) is 12.4. The summed E-state index contributed by atoms with van der Waals surface area (Å²) in [6.45, 7) is 2.93. The summed E-state index contributed by atoms with van der Waals surface area (Å²) < 4.78 is 4.19. The minimum absolute atomic E-state index is 0.702. The van der Waals surface area contributed by atoms with Gasteiger partial charge in [0, 0.05) is 37.9 Å². The van der Waals surface area contributed by atoms with Crippen molar-refractivity contribution in [1.82, 2.24) is 23.9 Å². The highest BCUT2D eigenvalue weighted by atomic mass is 32.1. The van der Waals surface area contributed by atoms with Gasteiger partial charge in [0.1, 0.15) is 5.65 Å². The summed E-state index contributed by atoms with van der Waals surface area (Å²) >= 11 is 1.72. The molecule has 0 amide bonds. The van der Waals surface area contributed by atoms with Crippen LogP contribution in [-0.4, -0.2) is 37.0 Å². The van der Waals surface area contributed by atoms with Crippen LogP contribution in [0.2, 0.25) is 0 Å². The topological polar surface area (TPSA) is 51.3 Å². The third-order valence-corrected chi connectivity index (χ3v) is 5.61. The molecule has 0 unspecified atom stereocenters. The number of nitrogens with zero attached hydrogens (tertiary/aromatic N) is 6. The van der Waals surface area contributed by atoms with Gasteiger partial charge in [-0.05, 0) is 25.0 Å². The van der Waals surface area contributed by atoms with E-state index in [0.717, 1.165) is 40.3 Å². The summed E-state index contributed by atoms with van der Waals surface area (Å²) in [7, 11) is 0. The first-order valence-corrected chi connectivity index (χ1v) is 9.33. The van der Waals surface area contributed by atoms with Gasteiger partial charge in [-0.3, -0.25) is 0 Å². The molecule has 1 fully saturated rings. The molecule has 0 radical (unpaired) electrons. The molecule has 0 saturated carbocycles. The Bertz CT molecular complexity index is 974. The fourth-order valence-corrected chi connectivity index (χ4v) is 4.30. The van der Waals surface area contributed by atoms with Gasteiger partial charge < -0.3 is 13.9 Å². The van der Waals surface area contributed by atoms with Crippen molar-refractivity contribution >= 4 is 22.1 Å². The fraction of sp³-hybridized carbons (Fsp3) is 0.278. The van der Waals surface area contributed by atoms with E-state index in [0.29, 0.717) is 6.54 Å². The van der Waals surface area contributed by atoms with Gasteiger partial charge in [0.2, 0.25) is 0 Å². The maximum absolute atomic E-state index is 4.68. The molecule has 25 heavy (non-hydrogen) atoms. The van der Waals surface area contributed by atoms with Gasteiger partial charge in [0.05, 0.1) is 23.3 Å². The van der Waals surface area contributed by atoms with Crippen LogP contribution in [0.15, 0.2) is 49.2 Å². The Hall–Kier alpha value is -2.67. The Kier molecular flexibility index (Phi) is 3.52. The van der Waals surface area contributed by atoms with Gasteiger partial charge in [-0.25, -0.2) is 15.0 Å². The zero-order valence-corrected chi connectivity index (χ0v) is 14.6. The number of hydrogen-bond acceptors (Lipinski definition) is 5. The minimum atomic E-state index is 0.702. The predicted octanol–water partition coefficient (Wildman–Crippen LogP) is 3.30. The standard InChI is InChI=1S/C18H18N6S/c1-2-9-23-12-14(21-16(23)5-1)13-24-10-6-19-17(24)15-11-20-18(25-15)22-7-3-4-8-22/h1-2,5-6,9-12H,3-4,7-8,13H2. The van der Waals surface area contributed by atoms with Gasteiger partial charge in [0.15, 0.2) is 11.0 Å². The maximum atomic E-state index is 4.68. The molecule has 0 aromatic carbocycles. The summed E-state index contributed by atoms with van der Waals surface area (Å²) in [4.78, 5) is 17.3. The molecule has 1 aliphatic heterocycles. The molecule has 4 aromatic rings. The van der Waals surface area contributed by atoms with Crippen molar-refractivity contribution in [2.24, 2.45) is 0 Å². The summed E-state index contributed by atoms with van der Waals surface area (Å²) in [5.41, 5.74) is 1.99. The number of pyridine rings is 1. The van der Waals surface area contributed by atoms with Crippen LogP contribution < -0.4 is 4.90 Å². The second-order valence-electron chi connectivity index (χ2n) is 6.28. The molecule has 0 spiro atoms. The second-order valence-corrected chi connectivity index (χ2v) is 7.29. The Morgan fingerprint density at radius 3 is 2.88 bits per heavy atom. The van der Waals surface area contributed by atoms with Gasteiger partial charge in [-0.15, -0.1) is 0 Å². The monoisotopic (exact) mass is 350 g/mol. The molecule has 6 nitrogen and oxygen atoms in total. The van der Waals surface area contributed by atoms with Crippen LogP contribution in [0.25, 0.3) is 16.3 Å². The summed E-state index contributed by atoms with van der Waals surface area (Å²) in [6, 6.07) is 6.04. The first-order chi connectivity index (χ1) is 12.4. The van der Waals surface area contributed by atoms with Gasteiger partial charge in [-0.1, -0.05) is 17.4 Å². The van der Waals surface area contributed by atoms with E-state index in [4.69, 9.17) is 0 Å². The molecule has 4 aromatic heterocycles. The third kappa shape index (κ3) is 2.70. The van der Waals surface area contributed by atoms with Gasteiger partial charge in [-0.2, -0.15) is 0 Å². The van der Waals surface area contributed by atoms with Crippen molar-refractivity contribution in [2.75, 3.05) is 18.0 Å². The lowest BCUT2D eigenvalue weighted by Gasteiger charge is -2.12. The van der Waals surface area contributed by atoms with Gasteiger partial charge >= 0.3 is 0 Å². The zero-order valence-electron chi connectivity index (χ0n) is 13.7. The Morgan fingerprint density at radius 2 is 2.00 bits per heavy atom. The number of anilines is 1. The van der Waals surface area contributed by atoms with E-state index in [9.17, 15) is 0 Å². The molecule has 1 saturated heterocycles. The number of thiazole rings is 1. The lowest BCUT2D eigenvalue weighted by Crippen LogP contribution is -2.16. The zero-order chi connectivity index (χ0) is 16.6. The van der Waals surface area contributed by atoms with Crippen molar-refractivity contribution in [1.29, 1.82) is 0 Å². The molecule has 7 heteroatoms.